The van der Waals surface area contributed by atoms with Gasteiger partial charge in [-0.25, -0.2) is 8.78 Å². The predicted octanol–water partition coefficient (Wildman–Crippen LogP) is 1.17. The minimum Gasteiger partial charge on any atom is -0.398 e. The highest BCUT2D eigenvalue weighted by molar-refractivity contribution is 5.99. The molecule has 0 spiro atoms. The van der Waals surface area contributed by atoms with Gasteiger partial charge in [-0.2, -0.15) is 0 Å². The first-order valence-corrected chi connectivity index (χ1v) is 5.79. The molecule has 0 aliphatic rings. The molecule has 8 heteroatoms. The fourth-order valence-electron chi connectivity index (χ4n) is 1.78. The minimum absolute atomic E-state index is 0.127. The summed E-state index contributed by atoms with van der Waals surface area (Å²) in [6.07, 6.45) is 1.49. The molecule has 0 saturated carbocycles. The van der Waals surface area contributed by atoms with Gasteiger partial charge in [0.15, 0.2) is 17.5 Å². The summed E-state index contributed by atoms with van der Waals surface area (Å²) in [4.78, 5) is 12.0. The summed E-state index contributed by atoms with van der Waals surface area (Å²) in [6, 6.07) is 1.09. The number of halogens is 2. The molecule has 0 radical (unpaired) electrons. The number of hydrogen-bond donors (Lipinski definition) is 2. The van der Waals surface area contributed by atoms with Crippen LogP contribution >= 0.6 is 0 Å². The molecular formula is C12H13F2N5O. The van der Waals surface area contributed by atoms with Crippen molar-refractivity contribution in [2.24, 2.45) is 7.05 Å². The molecule has 106 valence electrons. The van der Waals surface area contributed by atoms with E-state index in [4.69, 9.17) is 5.73 Å². The first kappa shape index (κ1) is 13.9. The van der Waals surface area contributed by atoms with Gasteiger partial charge in [0, 0.05) is 18.8 Å². The van der Waals surface area contributed by atoms with Crippen molar-refractivity contribution in [2.45, 2.75) is 13.0 Å². The maximum Gasteiger partial charge on any atom is 0.254 e. The molecule has 3 N–H and O–H groups in total. The van der Waals surface area contributed by atoms with Gasteiger partial charge < -0.3 is 15.6 Å². The molecule has 1 aromatic heterocycles. The van der Waals surface area contributed by atoms with Crippen molar-refractivity contribution >= 4 is 11.6 Å². The molecule has 20 heavy (non-hydrogen) atoms. The van der Waals surface area contributed by atoms with Crippen LogP contribution in [0.15, 0.2) is 18.5 Å². The Kier molecular flexibility index (Phi) is 3.64. The molecule has 2 rings (SSSR count). The topological polar surface area (TPSA) is 85.8 Å². The highest BCUT2D eigenvalue weighted by Gasteiger charge is 2.19. The van der Waals surface area contributed by atoms with Crippen molar-refractivity contribution in [3.63, 3.8) is 0 Å². The molecule has 0 bridgehead atoms. The average molecular weight is 281 g/mol. The Hall–Kier alpha value is -2.51. The van der Waals surface area contributed by atoms with Crippen LogP contribution in [0.2, 0.25) is 0 Å². The number of amides is 1. The van der Waals surface area contributed by atoms with Crippen molar-refractivity contribution < 1.29 is 13.6 Å². The van der Waals surface area contributed by atoms with Gasteiger partial charge in [0.25, 0.3) is 5.91 Å². The molecule has 0 saturated heterocycles. The Bertz CT molecular complexity index is 655. The molecule has 0 fully saturated rings. The van der Waals surface area contributed by atoms with E-state index in [1.165, 1.54) is 6.33 Å². The van der Waals surface area contributed by atoms with Crippen LogP contribution in [0.4, 0.5) is 14.5 Å². The number of nitrogens with one attached hydrogen (secondary N) is 1. The highest BCUT2D eigenvalue weighted by atomic mass is 19.2. The Balaban J connectivity index is 2.21. The Morgan fingerprint density at radius 1 is 1.40 bits per heavy atom. The van der Waals surface area contributed by atoms with Crippen molar-refractivity contribution in [2.75, 3.05) is 5.73 Å². The highest BCUT2D eigenvalue weighted by Crippen LogP contribution is 2.18. The van der Waals surface area contributed by atoms with E-state index < -0.39 is 23.6 Å². The van der Waals surface area contributed by atoms with Crippen LogP contribution in [0.1, 0.15) is 29.1 Å². The molecule has 1 unspecified atom stereocenters. The van der Waals surface area contributed by atoms with Crippen LogP contribution in [0.5, 0.6) is 0 Å². The lowest BCUT2D eigenvalue weighted by Crippen LogP contribution is -2.29. The van der Waals surface area contributed by atoms with Crippen molar-refractivity contribution in [1.29, 1.82) is 0 Å². The Morgan fingerprint density at radius 2 is 2.05 bits per heavy atom. The van der Waals surface area contributed by atoms with Crippen LogP contribution in [-0.2, 0) is 7.05 Å². The van der Waals surface area contributed by atoms with E-state index in [9.17, 15) is 13.6 Å². The van der Waals surface area contributed by atoms with Crippen molar-refractivity contribution in [3.05, 3.63) is 41.5 Å². The summed E-state index contributed by atoms with van der Waals surface area (Å²) < 4.78 is 27.7. The molecule has 1 atom stereocenters. The smallest absolute Gasteiger partial charge is 0.254 e. The molecular weight excluding hydrogens is 268 g/mol. The van der Waals surface area contributed by atoms with E-state index in [0.717, 1.165) is 12.1 Å². The van der Waals surface area contributed by atoms with Gasteiger partial charge in [-0.3, -0.25) is 4.79 Å². The monoisotopic (exact) mass is 281 g/mol. The molecule has 0 aliphatic carbocycles. The number of nitrogens with two attached hydrogens (primary N) is 1. The predicted molar refractivity (Wildman–Crippen MR) is 67.7 cm³/mol. The number of hydrogen-bond acceptors (Lipinski definition) is 4. The van der Waals surface area contributed by atoms with Crippen molar-refractivity contribution in [1.82, 2.24) is 20.1 Å². The maximum absolute atomic E-state index is 13.2. The standard InChI is InChI=1S/C12H13F2N5O/c1-6(11-18-16-5-19(11)2)17-12(20)7-3-8(13)9(14)4-10(7)15/h3-6H,15H2,1-2H3,(H,17,20). The second-order valence-electron chi connectivity index (χ2n) is 4.35. The summed E-state index contributed by atoms with van der Waals surface area (Å²) in [5.41, 5.74) is 5.26. The fraction of sp³-hybridized carbons (Fsp3) is 0.250. The summed E-state index contributed by atoms with van der Waals surface area (Å²) in [5.74, 6) is -2.31. The van der Waals surface area contributed by atoms with E-state index >= 15 is 0 Å². The second-order valence-corrected chi connectivity index (χ2v) is 4.35. The lowest BCUT2D eigenvalue weighted by molar-refractivity contribution is 0.0938. The molecule has 2 aromatic rings. The van der Waals surface area contributed by atoms with Gasteiger partial charge in [0.1, 0.15) is 6.33 Å². The zero-order chi connectivity index (χ0) is 14.9. The number of nitrogen functional groups attached to an aromatic ring is 1. The van der Waals surface area contributed by atoms with Crippen LogP contribution in [0, 0.1) is 11.6 Å². The molecule has 0 aliphatic heterocycles. The SMILES string of the molecule is CC(NC(=O)c1cc(F)c(F)cc1N)c1nncn1C. The normalized spacial score (nSPS) is 12.2. The van der Waals surface area contributed by atoms with E-state index in [2.05, 4.69) is 15.5 Å². The number of carbonyl (C=O) groups excluding carboxylic acids is 1. The van der Waals surface area contributed by atoms with Crippen LogP contribution < -0.4 is 11.1 Å². The summed E-state index contributed by atoms with van der Waals surface area (Å²) in [6.45, 7) is 1.69. The van der Waals surface area contributed by atoms with Gasteiger partial charge in [0.05, 0.1) is 11.6 Å². The third-order valence-corrected chi connectivity index (χ3v) is 2.82. The average Bonchev–Trinajstić information content (AvgIpc) is 2.80. The number of benzene rings is 1. The molecule has 1 heterocycles. The number of carbonyl (C=O) groups is 1. The Labute approximate surface area is 113 Å². The number of anilines is 1. The lowest BCUT2D eigenvalue weighted by Gasteiger charge is -2.14. The maximum atomic E-state index is 13.2. The fourth-order valence-corrected chi connectivity index (χ4v) is 1.78. The largest absolute Gasteiger partial charge is 0.398 e. The summed E-state index contributed by atoms with van der Waals surface area (Å²) in [5, 5.41) is 10.1. The van der Waals surface area contributed by atoms with Gasteiger partial charge in [-0.1, -0.05) is 0 Å². The number of aryl methyl sites for hydroxylation is 1. The minimum atomic E-state index is -1.13. The van der Waals surface area contributed by atoms with Gasteiger partial charge in [-0.05, 0) is 13.0 Å². The Morgan fingerprint density at radius 3 is 2.65 bits per heavy atom. The zero-order valence-corrected chi connectivity index (χ0v) is 10.9. The summed E-state index contributed by atoms with van der Waals surface area (Å²) in [7, 11) is 1.73. The second kappa shape index (κ2) is 5.24. The molecule has 1 amide bonds. The zero-order valence-electron chi connectivity index (χ0n) is 10.9. The quantitative estimate of drug-likeness (QED) is 0.827. The van der Waals surface area contributed by atoms with Gasteiger partial charge >= 0.3 is 0 Å². The van der Waals surface area contributed by atoms with E-state index in [1.807, 2.05) is 0 Å². The number of aromatic nitrogens is 3. The lowest BCUT2D eigenvalue weighted by atomic mass is 10.1. The van der Waals surface area contributed by atoms with Crippen LogP contribution in [0.25, 0.3) is 0 Å². The third-order valence-electron chi connectivity index (χ3n) is 2.82. The van der Waals surface area contributed by atoms with Crippen LogP contribution in [-0.4, -0.2) is 20.7 Å². The first-order chi connectivity index (χ1) is 9.40. The number of rotatable bonds is 3. The molecule has 1 aromatic carbocycles. The van der Waals surface area contributed by atoms with Crippen LogP contribution in [0.3, 0.4) is 0 Å². The summed E-state index contributed by atoms with van der Waals surface area (Å²) >= 11 is 0. The van der Waals surface area contributed by atoms with E-state index in [1.54, 1.807) is 18.5 Å². The van der Waals surface area contributed by atoms with E-state index in [0.29, 0.717) is 5.82 Å². The van der Waals surface area contributed by atoms with E-state index in [-0.39, 0.29) is 11.3 Å². The third kappa shape index (κ3) is 2.58. The van der Waals surface area contributed by atoms with Gasteiger partial charge in [-0.15, -0.1) is 10.2 Å². The van der Waals surface area contributed by atoms with Gasteiger partial charge in [0.2, 0.25) is 0 Å². The van der Waals surface area contributed by atoms with Crippen molar-refractivity contribution in [3.8, 4) is 0 Å². The molecule has 6 nitrogen and oxygen atoms in total. The number of nitrogens with zero attached hydrogens (tertiary/aromatic N) is 3. The first-order valence-electron chi connectivity index (χ1n) is 5.79.